The van der Waals surface area contributed by atoms with E-state index in [4.69, 9.17) is 0 Å². The van der Waals surface area contributed by atoms with Gasteiger partial charge >= 0.3 is 0 Å². The molecule has 3 aromatic rings. The summed E-state index contributed by atoms with van der Waals surface area (Å²) < 4.78 is 13.0. The van der Waals surface area contributed by atoms with Crippen molar-refractivity contribution in [1.82, 2.24) is 4.98 Å². The Morgan fingerprint density at radius 2 is 1.88 bits per heavy atom. The first kappa shape index (κ1) is 16.6. The molecule has 0 atom stereocenters. The van der Waals surface area contributed by atoms with E-state index in [2.05, 4.69) is 10.3 Å². The maximum Gasteiger partial charge on any atom is 0.266 e. The van der Waals surface area contributed by atoms with Crippen LogP contribution in [0.4, 0.5) is 10.1 Å². The molecule has 4 nitrogen and oxygen atoms in total. The van der Waals surface area contributed by atoms with Crippen LogP contribution in [0.3, 0.4) is 0 Å². The zero-order valence-electron chi connectivity index (χ0n) is 12.9. The third-order valence-corrected chi connectivity index (χ3v) is 4.21. The van der Waals surface area contributed by atoms with Crippen LogP contribution >= 0.6 is 11.3 Å². The van der Waals surface area contributed by atoms with Crippen molar-refractivity contribution in [2.24, 2.45) is 0 Å². The Balaban J connectivity index is 1.80. The first-order chi connectivity index (χ1) is 12.2. The lowest BCUT2D eigenvalue weighted by atomic mass is 10.2. The number of hydrogen-bond acceptors (Lipinski definition) is 4. The molecule has 0 saturated carbocycles. The molecule has 0 aliphatic heterocycles. The van der Waals surface area contributed by atoms with Crippen LogP contribution < -0.4 is 5.32 Å². The second kappa shape index (κ2) is 7.51. The summed E-state index contributed by atoms with van der Waals surface area (Å²) in [6.07, 6.45) is 1.43. The van der Waals surface area contributed by atoms with Crippen molar-refractivity contribution in [3.63, 3.8) is 0 Å². The van der Waals surface area contributed by atoms with Gasteiger partial charge in [-0.15, -0.1) is 11.3 Å². The van der Waals surface area contributed by atoms with Crippen molar-refractivity contribution < 1.29 is 9.18 Å². The SMILES string of the molecule is N#C/C(=C\c1csc(-c2ccc(F)cc2)n1)C(=O)Nc1ccccc1. The highest BCUT2D eigenvalue weighted by atomic mass is 32.1. The second-order valence-corrected chi connectivity index (χ2v) is 5.93. The maximum atomic E-state index is 13.0. The number of para-hydroxylation sites is 1. The molecule has 0 bridgehead atoms. The largest absolute Gasteiger partial charge is 0.321 e. The van der Waals surface area contributed by atoms with E-state index < -0.39 is 5.91 Å². The summed E-state index contributed by atoms with van der Waals surface area (Å²) in [5.41, 5.74) is 1.85. The van der Waals surface area contributed by atoms with E-state index in [9.17, 15) is 14.4 Å². The van der Waals surface area contributed by atoms with Crippen LogP contribution in [-0.4, -0.2) is 10.9 Å². The Morgan fingerprint density at radius 3 is 2.56 bits per heavy atom. The highest BCUT2D eigenvalue weighted by Crippen LogP contribution is 2.25. The predicted octanol–water partition coefficient (Wildman–Crippen LogP) is 4.49. The van der Waals surface area contributed by atoms with Crippen molar-refractivity contribution in [2.75, 3.05) is 5.32 Å². The number of aromatic nitrogens is 1. The van der Waals surface area contributed by atoms with Gasteiger partial charge in [-0.1, -0.05) is 18.2 Å². The topological polar surface area (TPSA) is 65.8 Å². The molecular weight excluding hydrogens is 337 g/mol. The lowest BCUT2D eigenvalue weighted by molar-refractivity contribution is -0.112. The van der Waals surface area contributed by atoms with Gasteiger partial charge in [0.05, 0.1) is 5.69 Å². The summed E-state index contributed by atoms with van der Waals surface area (Å²) in [7, 11) is 0. The smallest absolute Gasteiger partial charge is 0.266 e. The van der Waals surface area contributed by atoms with Gasteiger partial charge in [-0.25, -0.2) is 9.37 Å². The number of nitriles is 1. The van der Waals surface area contributed by atoms with Crippen LogP contribution in [0, 0.1) is 17.1 Å². The molecule has 0 spiro atoms. The summed E-state index contributed by atoms with van der Waals surface area (Å²) in [6.45, 7) is 0. The summed E-state index contributed by atoms with van der Waals surface area (Å²) >= 11 is 1.36. The van der Waals surface area contributed by atoms with Crippen molar-refractivity contribution in [3.05, 3.63) is 77.1 Å². The fourth-order valence-corrected chi connectivity index (χ4v) is 2.88. The zero-order valence-corrected chi connectivity index (χ0v) is 13.8. The quantitative estimate of drug-likeness (QED) is 0.557. The van der Waals surface area contributed by atoms with E-state index in [1.165, 1.54) is 29.5 Å². The van der Waals surface area contributed by atoms with E-state index in [1.807, 2.05) is 12.1 Å². The first-order valence-corrected chi connectivity index (χ1v) is 8.23. The number of halogens is 1. The lowest BCUT2D eigenvalue weighted by Crippen LogP contribution is -2.13. The fourth-order valence-electron chi connectivity index (χ4n) is 2.09. The highest BCUT2D eigenvalue weighted by Gasteiger charge is 2.11. The van der Waals surface area contributed by atoms with Crippen molar-refractivity contribution in [3.8, 4) is 16.6 Å². The number of carbonyl (C=O) groups is 1. The van der Waals surface area contributed by atoms with Gasteiger partial charge in [0.1, 0.15) is 22.5 Å². The van der Waals surface area contributed by atoms with Gasteiger partial charge in [0.2, 0.25) is 0 Å². The van der Waals surface area contributed by atoms with Gasteiger partial charge in [-0.05, 0) is 42.5 Å². The number of nitrogens with one attached hydrogen (secondary N) is 1. The number of amides is 1. The van der Waals surface area contributed by atoms with Gasteiger partial charge in [0, 0.05) is 16.6 Å². The van der Waals surface area contributed by atoms with Gasteiger partial charge in [-0.2, -0.15) is 5.26 Å². The van der Waals surface area contributed by atoms with E-state index in [1.54, 1.807) is 41.8 Å². The number of carbonyl (C=O) groups excluding carboxylic acids is 1. The van der Waals surface area contributed by atoms with Crippen LogP contribution in [0.1, 0.15) is 5.69 Å². The molecule has 0 radical (unpaired) electrons. The Hall–Kier alpha value is -3.30. The Labute approximate surface area is 147 Å². The van der Waals surface area contributed by atoms with Crippen molar-refractivity contribution in [2.45, 2.75) is 0 Å². The Bertz CT molecular complexity index is 956. The summed E-state index contributed by atoms with van der Waals surface area (Å²) in [5.74, 6) is -0.810. The maximum absolute atomic E-state index is 13.0. The Morgan fingerprint density at radius 1 is 1.16 bits per heavy atom. The molecule has 25 heavy (non-hydrogen) atoms. The summed E-state index contributed by atoms with van der Waals surface area (Å²) in [4.78, 5) is 16.6. The molecule has 1 heterocycles. The lowest BCUT2D eigenvalue weighted by Gasteiger charge is -2.02. The average Bonchev–Trinajstić information content (AvgIpc) is 3.09. The standard InChI is InChI=1S/C19H12FN3OS/c20-15-8-6-13(7-9-15)19-23-17(12-25-19)10-14(11-21)18(24)22-16-4-2-1-3-5-16/h1-10,12H,(H,22,24)/b14-10+. The predicted molar refractivity (Wildman–Crippen MR) is 96.2 cm³/mol. The minimum atomic E-state index is -0.495. The van der Waals surface area contributed by atoms with E-state index in [0.29, 0.717) is 16.4 Å². The molecule has 1 aromatic heterocycles. The second-order valence-electron chi connectivity index (χ2n) is 5.07. The first-order valence-electron chi connectivity index (χ1n) is 7.35. The molecule has 0 fully saturated rings. The molecular formula is C19H12FN3OS. The zero-order chi connectivity index (χ0) is 17.6. The molecule has 0 aliphatic rings. The minimum Gasteiger partial charge on any atom is -0.321 e. The summed E-state index contributed by atoms with van der Waals surface area (Å²) in [5, 5.41) is 14.3. The van der Waals surface area contributed by atoms with Crippen molar-refractivity contribution >= 4 is 29.0 Å². The van der Waals surface area contributed by atoms with Crippen LogP contribution in [0.2, 0.25) is 0 Å². The number of rotatable bonds is 4. The van der Waals surface area contributed by atoms with E-state index >= 15 is 0 Å². The highest BCUT2D eigenvalue weighted by molar-refractivity contribution is 7.13. The number of anilines is 1. The fraction of sp³-hybridized carbons (Fsp3) is 0. The molecule has 0 unspecified atom stereocenters. The van der Waals surface area contributed by atoms with Crippen LogP contribution in [0.25, 0.3) is 16.6 Å². The third-order valence-electron chi connectivity index (χ3n) is 3.30. The van der Waals surface area contributed by atoms with Crippen LogP contribution in [0.15, 0.2) is 65.6 Å². The van der Waals surface area contributed by atoms with Crippen LogP contribution in [-0.2, 0) is 4.79 Å². The normalized spacial score (nSPS) is 11.0. The monoisotopic (exact) mass is 349 g/mol. The van der Waals surface area contributed by atoms with Crippen LogP contribution in [0.5, 0.6) is 0 Å². The van der Waals surface area contributed by atoms with Gasteiger partial charge in [-0.3, -0.25) is 4.79 Å². The van der Waals surface area contributed by atoms with Gasteiger partial charge < -0.3 is 5.32 Å². The molecule has 0 aliphatic carbocycles. The van der Waals surface area contributed by atoms with E-state index in [0.717, 1.165) is 5.56 Å². The number of hydrogen-bond donors (Lipinski definition) is 1. The molecule has 0 saturated heterocycles. The minimum absolute atomic E-state index is 0.0418. The number of nitrogens with zero attached hydrogens (tertiary/aromatic N) is 2. The van der Waals surface area contributed by atoms with Gasteiger partial charge in [0.15, 0.2) is 0 Å². The molecule has 1 N–H and O–H groups in total. The molecule has 1 amide bonds. The third kappa shape index (κ3) is 4.16. The molecule has 122 valence electrons. The van der Waals surface area contributed by atoms with Crippen molar-refractivity contribution in [1.29, 1.82) is 5.26 Å². The number of benzene rings is 2. The van der Waals surface area contributed by atoms with E-state index in [-0.39, 0.29) is 11.4 Å². The summed E-state index contributed by atoms with van der Waals surface area (Å²) in [6, 6.07) is 16.8. The number of thiazole rings is 1. The van der Waals surface area contributed by atoms with Gasteiger partial charge in [0.25, 0.3) is 5.91 Å². The average molecular weight is 349 g/mol. The molecule has 6 heteroatoms. The molecule has 2 aromatic carbocycles. The molecule has 3 rings (SSSR count). The Kier molecular flexibility index (Phi) is 4.97.